The summed E-state index contributed by atoms with van der Waals surface area (Å²) in [6.07, 6.45) is 2.87. The Hall–Kier alpha value is -2.60. The Morgan fingerprint density at radius 3 is 2.43 bits per heavy atom. The Balaban J connectivity index is 1.79. The molecule has 0 aliphatic rings. The Bertz CT molecular complexity index is 638. The third kappa shape index (κ3) is 5.96. The molecule has 0 unspecified atom stereocenters. The van der Waals surface area contributed by atoms with Gasteiger partial charge in [-0.2, -0.15) is 0 Å². The molecule has 3 N–H and O–H groups in total. The van der Waals surface area contributed by atoms with E-state index in [1.807, 2.05) is 13.0 Å². The van der Waals surface area contributed by atoms with Crippen LogP contribution in [0.2, 0.25) is 0 Å². The van der Waals surface area contributed by atoms with Gasteiger partial charge in [-0.05, 0) is 36.8 Å². The van der Waals surface area contributed by atoms with Crippen molar-refractivity contribution in [1.82, 2.24) is 5.32 Å². The summed E-state index contributed by atoms with van der Waals surface area (Å²) in [6, 6.07) is 10.7. The number of amides is 2. The standard InChI is InChI=1S/C17H21N3O3/c1-2-5-16(21)19-13-6-3-7-14(10-13)20-17(22)12-18-11-15-8-4-9-23-15/h3-4,6-10,18H,2,5,11-12H2,1H3,(H,19,21)(H,20,22). The van der Waals surface area contributed by atoms with Gasteiger partial charge in [0.05, 0.1) is 19.4 Å². The number of carbonyl (C=O) groups is 2. The monoisotopic (exact) mass is 315 g/mol. The van der Waals surface area contributed by atoms with Crippen LogP contribution in [0, 0.1) is 0 Å². The highest BCUT2D eigenvalue weighted by atomic mass is 16.3. The van der Waals surface area contributed by atoms with Crippen LogP contribution in [-0.2, 0) is 16.1 Å². The minimum absolute atomic E-state index is 0.0314. The molecule has 2 aromatic rings. The second kappa shape index (κ2) is 8.75. The summed E-state index contributed by atoms with van der Waals surface area (Å²) in [5.74, 6) is 0.586. The zero-order valence-electron chi connectivity index (χ0n) is 13.1. The van der Waals surface area contributed by atoms with E-state index in [9.17, 15) is 9.59 Å². The van der Waals surface area contributed by atoms with Crippen molar-refractivity contribution in [2.45, 2.75) is 26.3 Å². The first-order valence-electron chi connectivity index (χ1n) is 7.60. The SMILES string of the molecule is CCCC(=O)Nc1cccc(NC(=O)CNCc2ccco2)c1. The summed E-state index contributed by atoms with van der Waals surface area (Å²) in [7, 11) is 0. The number of rotatable bonds is 8. The Kier molecular flexibility index (Phi) is 6.38. The molecule has 6 heteroatoms. The molecule has 122 valence electrons. The molecule has 1 heterocycles. The van der Waals surface area contributed by atoms with Gasteiger partial charge in [-0.25, -0.2) is 0 Å². The number of anilines is 2. The van der Waals surface area contributed by atoms with E-state index in [2.05, 4.69) is 16.0 Å². The van der Waals surface area contributed by atoms with Gasteiger partial charge in [-0.15, -0.1) is 0 Å². The molecule has 0 bridgehead atoms. The average molecular weight is 315 g/mol. The van der Waals surface area contributed by atoms with Crippen molar-refractivity contribution in [3.05, 3.63) is 48.4 Å². The molecular weight excluding hydrogens is 294 g/mol. The van der Waals surface area contributed by atoms with E-state index in [0.29, 0.717) is 24.3 Å². The predicted molar refractivity (Wildman–Crippen MR) is 89.0 cm³/mol. The molecule has 0 aliphatic carbocycles. The highest BCUT2D eigenvalue weighted by molar-refractivity contribution is 5.94. The summed E-state index contributed by atoms with van der Waals surface area (Å²) < 4.78 is 5.17. The molecule has 1 aromatic carbocycles. The van der Waals surface area contributed by atoms with Crippen LogP contribution in [-0.4, -0.2) is 18.4 Å². The highest BCUT2D eigenvalue weighted by Crippen LogP contribution is 2.15. The van der Waals surface area contributed by atoms with E-state index in [4.69, 9.17) is 4.42 Å². The molecule has 1 aromatic heterocycles. The van der Waals surface area contributed by atoms with Gasteiger partial charge >= 0.3 is 0 Å². The largest absolute Gasteiger partial charge is 0.468 e. The van der Waals surface area contributed by atoms with Gasteiger partial charge in [0.15, 0.2) is 0 Å². The average Bonchev–Trinajstić information content (AvgIpc) is 3.01. The summed E-state index contributed by atoms with van der Waals surface area (Å²) in [5.41, 5.74) is 1.31. The van der Waals surface area contributed by atoms with Crippen molar-refractivity contribution in [3.8, 4) is 0 Å². The third-order valence-electron chi connectivity index (χ3n) is 3.07. The van der Waals surface area contributed by atoms with E-state index in [1.54, 1.807) is 36.6 Å². The summed E-state index contributed by atoms with van der Waals surface area (Å²) in [6.45, 7) is 2.62. The molecule has 0 saturated heterocycles. The molecule has 0 radical (unpaired) electrons. The second-order valence-corrected chi connectivity index (χ2v) is 5.11. The number of hydrogen-bond acceptors (Lipinski definition) is 4. The highest BCUT2D eigenvalue weighted by Gasteiger charge is 2.05. The smallest absolute Gasteiger partial charge is 0.238 e. The van der Waals surface area contributed by atoms with Crippen molar-refractivity contribution in [2.75, 3.05) is 17.2 Å². The molecule has 0 atom stereocenters. The van der Waals surface area contributed by atoms with Crippen molar-refractivity contribution in [2.24, 2.45) is 0 Å². The van der Waals surface area contributed by atoms with Crippen molar-refractivity contribution in [1.29, 1.82) is 0 Å². The number of nitrogens with one attached hydrogen (secondary N) is 3. The molecule has 0 aliphatic heterocycles. The van der Waals surface area contributed by atoms with Crippen LogP contribution in [0.5, 0.6) is 0 Å². The quantitative estimate of drug-likeness (QED) is 0.699. The van der Waals surface area contributed by atoms with Crippen LogP contribution < -0.4 is 16.0 Å². The molecule has 6 nitrogen and oxygen atoms in total. The minimum Gasteiger partial charge on any atom is -0.468 e. The molecule has 23 heavy (non-hydrogen) atoms. The van der Waals surface area contributed by atoms with E-state index in [0.717, 1.165) is 12.2 Å². The van der Waals surface area contributed by atoms with Crippen LogP contribution in [0.1, 0.15) is 25.5 Å². The van der Waals surface area contributed by atoms with Gasteiger partial charge in [-0.1, -0.05) is 13.0 Å². The predicted octanol–water partition coefficient (Wildman–Crippen LogP) is 2.75. The maximum Gasteiger partial charge on any atom is 0.238 e. The maximum absolute atomic E-state index is 11.9. The molecule has 2 amide bonds. The maximum atomic E-state index is 11.9. The van der Waals surface area contributed by atoms with Gasteiger partial charge in [0.1, 0.15) is 5.76 Å². The summed E-state index contributed by atoms with van der Waals surface area (Å²) in [5, 5.41) is 8.58. The Morgan fingerprint density at radius 2 is 1.78 bits per heavy atom. The van der Waals surface area contributed by atoms with Gasteiger partial charge in [0, 0.05) is 17.8 Å². The zero-order valence-corrected chi connectivity index (χ0v) is 13.1. The zero-order chi connectivity index (χ0) is 16.5. The van der Waals surface area contributed by atoms with Crippen molar-refractivity contribution < 1.29 is 14.0 Å². The number of hydrogen-bond donors (Lipinski definition) is 3. The fourth-order valence-electron chi connectivity index (χ4n) is 2.04. The first kappa shape index (κ1) is 16.8. The molecule has 2 rings (SSSR count). The van der Waals surface area contributed by atoms with E-state index in [-0.39, 0.29) is 18.4 Å². The number of carbonyl (C=O) groups excluding carboxylic acids is 2. The topological polar surface area (TPSA) is 83.4 Å². The summed E-state index contributed by atoms with van der Waals surface area (Å²) >= 11 is 0. The first-order valence-corrected chi connectivity index (χ1v) is 7.60. The van der Waals surface area contributed by atoms with Crippen molar-refractivity contribution >= 4 is 23.2 Å². The van der Waals surface area contributed by atoms with Crippen LogP contribution >= 0.6 is 0 Å². The van der Waals surface area contributed by atoms with Gasteiger partial charge in [-0.3, -0.25) is 9.59 Å². The number of benzene rings is 1. The molecule has 0 saturated carbocycles. The van der Waals surface area contributed by atoms with E-state index < -0.39 is 0 Å². The molecule has 0 spiro atoms. The lowest BCUT2D eigenvalue weighted by molar-refractivity contribution is -0.116. The van der Waals surface area contributed by atoms with E-state index >= 15 is 0 Å². The van der Waals surface area contributed by atoms with Crippen LogP contribution in [0.25, 0.3) is 0 Å². The third-order valence-corrected chi connectivity index (χ3v) is 3.07. The van der Waals surface area contributed by atoms with Crippen LogP contribution in [0.15, 0.2) is 47.1 Å². The fraction of sp³-hybridized carbons (Fsp3) is 0.294. The fourth-order valence-corrected chi connectivity index (χ4v) is 2.04. The lowest BCUT2D eigenvalue weighted by atomic mass is 10.2. The Labute approximate surface area is 135 Å². The van der Waals surface area contributed by atoms with E-state index in [1.165, 1.54) is 0 Å². The van der Waals surface area contributed by atoms with Crippen LogP contribution in [0.4, 0.5) is 11.4 Å². The lowest BCUT2D eigenvalue weighted by Gasteiger charge is -2.09. The van der Waals surface area contributed by atoms with Gasteiger partial charge in [0.2, 0.25) is 11.8 Å². The Morgan fingerprint density at radius 1 is 1.04 bits per heavy atom. The van der Waals surface area contributed by atoms with Crippen molar-refractivity contribution in [3.63, 3.8) is 0 Å². The molecular formula is C17H21N3O3. The van der Waals surface area contributed by atoms with Gasteiger partial charge in [0.25, 0.3) is 0 Å². The lowest BCUT2D eigenvalue weighted by Crippen LogP contribution is -2.27. The van der Waals surface area contributed by atoms with Gasteiger partial charge < -0.3 is 20.4 Å². The minimum atomic E-state index is -0.159. The molecule has 0 fully saturated rings. The second-order valence-electron chi connectivity index (χ2n) is 5.11. The first-order chi connectivity index (χ1) is 11.2. The van der Waals surface area contributed by atoms with Crippen LogP contribution in [0.3, 0.4) is 0 Å². The summed E-state index contributed by atoms with van der Waals surface area (Å²) in [4.78, 5) is 23.5. The normalized spacial score (nSPS) is 10.3. The number of furan rings is 1.